The lowest BCUT2D eigenvalue weighted by molar-refractivity contribution is 0.175. The number of hydrogen-bond acceptors (Lipinski definition) is 3. The zero-order chi connectivity index (χ0) is 13.8. The molecule has 18 heavy (non-hydrogen) atoms. The van der Waals surface area contributed by atoms with E-state index in [2.05, 4.69) is 37.9 Å². The lowest BCUT2D eigenvalue weighted by Gasteiger charge is -2.31. The van der Waals surface area contributed by atoms with E-state index in [9.17, 15) is 0 Å². The zero-order valence-corrected chi connectivity index (χ0v) is 12.9. The maximum absolute atomic E-state index is 9.14. The van der Waals surface area contributed by atoms with Gasteiger partial charge in [0.15, 0.2) is 0 Å². The van der Waals surface area contributed by atoms with Gasteiger partial charge in [-0.2, -0.15) is 0 Å². The van der Waals surface area contributed by atoms with Gasteiger partial charge in [-0.25, -0.2) is 0 Å². The fourth-order valence-corrected chi connectivity index (χ4v) is 2.17. The second-order valence-corrected chi connectivity index (χ2v) is 5.46. The molecule has 0 aromatic heterocycles. The van der Waals surface area contributed by atoms with Crippen molar-refractivity contribution in [3.63, 3.8) is 0 Å². The van der Waals surface area contributed by atoms with Crippen LogP contribution in [0.3, 0.4) is 0 Å². The first-order chi connectivity index (χ1) is 8.65. The monoisotopic (exact) mass is 258 g/mol. The van der Waals surface area contributed by atoms with Crippen LogP contribution in [0.5, 0.6) is 0 Å². The van der Waals surface area contributed by atoms with E-state index in [4.69, 9.17) is 5.11 Å². The van der Waals surface area contributed by atoms with E-state index in [-0.39, 0.29) is 6.61 Å². The molecule has 0 aliphatic carbocycles. The smallest absolute Gasteiger partial charge is 0.0446 e. The van der Waals surface area contributed by atoms with Crippen LogP contribution in [0.25, 0.3) is 0 Å². The van der Waals surface area contributed by atoms with Gasteiger partial charge >= 0.3 is 0 Å². The standard InChI is InChI=1S/C15H34N2O/c1-5-7-8-11-17(14(3)4)13-15(9-12-18)16-10-6-2/h14-16,18H,5-13H2,1-4H3. The van der Waals surface area contributed by atoms with Crippen molar-refractivity contribution in [1.82, 2.24) is 10.2 Å². The Bertz CT molecular complexity index is 174. The highest BCUT2D eigenvalue weighted by Crippen LogP contribution is 2.06. The summed E-state index contributed by atoms with van der Waals surface area (Å²) in [5.74, 6) is 0. The molecule has 0 saturated heterocycles. The van der Waals surface area contributed by atoms with E-state index in [0.717, 1.165) is 25.9 Å². The van der Waals surface area contributed by atoms with Crippen molar-refractivity contribution in [1.29, 1.82) is 0 Å². The molecule has 0 saturated carbocycles. The Morgan fingerprint density at radius 2 is 1.83 bits per heavy atom. The van der Waals surface area contributed by atoms with Gasteiger partial charge < -0.3 is 10.4 Å². The quantitative estimate of drug-likeness (QED) is 0.528. The second kappa shape index (κ2) is 11.9. The molecule has 2 N–H and O–H groups in total. The minimum atomic E-state index is 0.280. The average molecular weight is 258 g/mol. The summed E-state index contributed by atoms with van der Waals surface area (Å²) < 4.78 is 0. The molecule has 1 unspecified atom stereocenters. The molecule has 110 valence electrons. The van der Waals surface area contributed by atoms with Crippen LogP contribution in [0, 0.1) is 0 Å². The summed E-state index contributed by atoms with van der Waals surface area (Å²) in [6.07, 6.45) is 5.89. The molecule has 0 fully saturated rings. The van der Waals surface area contributed by atoms with E-state index in [0.29, 0.717) is 12.1 Å². The lowest BCUT2D eigenvalue weighted by Crippen LogP contribution is -2.45. The molecule has 0 aromatic carbocycles. The van der Waals surface area contributed by atoms with Gasteiger partial charge in [0.2, 0.25) is 0 Å². The fraction of sp³-hybridized carbons (Fsp3) is 1.00. The van der Waals surface area contributed by atoms with Crippen molar-refractivity contribution >= 4 is 0 Å². The summed E-state index contributed by atoms with van der Waals surface area (Å²) in [7, 11) is 0. The number of unbranched alkanes of at least 4 members (excludes halogenated alkanes) is 2. The highest BCUT2D eigenvalue weighted by Gasteiger charge is 2.15. The Morgan fingerprint density at radius 1 is 1.11 bits per heavy atom. The van der Waals surface area contributed by atoms with Gasteiger partial charge in [-0.05, 0) is 46.2 Å². The predicted octanol–water partition coefficient (Wildman–Crippen LogP) is 2.64. The Labute approximate surface area is 114 Å². The third-order valence-electron chi connectivity index (χ3n) is 3.39. The van der Waals surface area contributed by atoms with Crippen molar-refractivity contribution in [2.24, 2.45) is 0 Å². The molecule has 3 nitrogen and oxygen atoms in total. The summed E-state index contributed by atoms with van der Waals surface area (Å²) in [5, 5.41) is 12.7. The van der Waals surface area contributed by atoms with Crippen LogP contribution < -0.4 is 5.32 Å². The molecular weight excluding hydrogens is 224 g/mol. The van der Waals surface area contributed by atoms with Crippen LogP contribution in [0.15, 0.2) is 0 Å². The van der Waals surface area contributed by atoms with Crippen molar-refractivity contribution in [2.45, 2.75) is 71.9 Å². The first-order valence-corrected chi connectivity index (χ1v) is 7.73. The fourth-order valence-electron chi connectivity index (χ4n) is 2.17. The van der Waals surface area contributed by atoms with E-state index < -0.39 is 0 Å². The summed E-state index contributed by atoms with van der Waals surface area (Å²) in [5.41, 5.74) is 0. The van der Waals surface area contributed by atoms with Gasteiger partial charge in [-0.15, -0.1) is 0 Å². The molecule has 1 atom stereocenters. The van der Waals surface area contributed by atoms with E-state index in [1.54, 1.807) is 0 Å². The van der Waals surface area contributed by atoms with E-state index >= 15 is 0 Å². The van der Waals surface area contributed by atoms with Crippen LogP contribution in [-0.4, -0.2) is 48.3 Å². The molecule has 0 amide bonds. The van der Waals surface area contributed by atoms with Gasteiger partial charge in [0.25, 0.3) is 0 Å². The predicted molar refractivity (Wildman–Crippen MR) is 80.0 cm³/mol. The molecule has 3 heteroatoms. The van der Waals surface area contributed by atoms with Crippen LogP contribution in [-0.2, 0) is 0 Å². The van der Waals surface area contributed by atoms with Gasteiger partial charge in [0.05, 0.1) is 0 Å². The maximum Gasteiger partial charge on any atom is 0.0446 e. The van der Waals surface area contributed by atoms with Gasteiger partial charge in [0.1, 0.15) is 0 Å². The molecule has 0 aromatic rings. The number of aliphatic hydroxyl groups excluding tert-OH is 1. The minimum absolute atomic E-state index is 0.280. The van der Waals surface area contributed by atoms with E-state index in [1.165, 1.54) is 25.8 Å². The van der Waals surface area contributed by atoms with Crippen molar-refractivity contribution < 1.29 is 5.11 Å². The summed E-state index contributed by atoms with van der Waals surface area (Å²) >= 11 is 0. The van der Waals surface area contributed by atoms with Gasteiger partial charge in [-0.1, -0.05) is 26.7 Å². The van der Waals surface area contributed by atoms with Crippen LogP contribution in [0.2, 0.25) is 0 Å². The number of aliphatic hydroxyl groups is 1. The third-order valence-corrected chi connectivity index (χ3v) is 3.39. The number of rotatable bonds is 12. The molecule has 0 rings (SSSR count). The van der Waals surface area contributed by atoms with E-state index in [1.807, 2.05) is 0 Å². The van der Waals surface area contributed by atoms with Gasteiger partial charge in [0, 0.05) is 25.2 Å². The van der Waals surface area contributed by atoms with Crippen molar-refractivity contribution in [2.75, 3.05) is 26.2 Å². The highest BCUT2D eigenvalue weighted by molar-refractivity contribution is 4.74. The van der Waals surface area contributed by atoms with Crippen LogP contribution >= 0.6 is 0 Å². The minimum Gasteiger partial charge on any atom is -0.396 e. The van der Waals surface area contributed by atoms with Crippen molar-refractivity contribution in [3.05, 3.63) is 0 Å². The first-order valence-electron chi connectivity index (χ1n) is 7.73. The summed E-state index contributed by atoms with van der Waals surface area (Å²) in [4.78, 5) is 2.54. The molecule has 0 bridgehead atoms. The maximum atomic E-state index is 9.14. The molecule has 0 radical (unpaired) electrons. The lowest BCUT2D eigenvalue weighted by atomic mass is 10.1. The first kappa shape index (κ1) is 17.9. The topological polar surface area (TPSA) is 35.5 Å². The SMILES string of the molecule is CCCCCN(CC(CCO)NCCC)C(C)C. The van der Waals surface area contributed by atoms with Gasteiger partial charge in [-0.3, -0.25) is 4.90 Å². The molecule has 0 spiro atoms. The molecule has 0 aliphatic rings. The van der Waals surface area contributed by atoms with Crippen LogP contribution in [0.1, 0.15) is 59.8 Å². The Hall–Kier alpha value is -0.120. The molecule has 0 heterocycles. The summed E-state index contributed by atoms with van der Waals surface area (Å²) in [6, 6.07) is 1.02. The Morgan fingerprint density at radius 3 is 2.33 bits per heavy atom. The van der Waals surface area contributed by atoms with Crippen LogP contribution in [0.4, 0.5) is 0 Å². The zero-order valence-electron chi connectivity index (χ0n) is 12.9. The second-order valence-electron chi connectivity index (χ2n) is 5.46. The summed E-state index contributed by atoms with van der Waals surface area (Å²) in [6.45, 7) is 12.5. The number of nitrogens with one attached hydrogen (secondary N) is 1. The normalized spacial score (nSPS) is 13.5. The number of nitrogens with zero attached hydrogens (tertiary/aromatic N) is 1. The highest BCUT2D eigenvalue weighted by atomic mass is 16.3. The molecular formula is C15H34N2O. The van der Waals surface area contributed by atoms with Crippen molar-refractivity contribution in [3.8, 4) is 0 Å². The Balaban J connectivity index is 4.13. The molecule has 0 aliphatic heterocycles. The largest absolute Gasteiger partial charge is 0.396 e. The Kier molecular flexibility index (Phi) is 11.9. The number of hydrogen-bond donors (Lipinski definition) is 2. The average Bonchev–Trinajstić information content (AvgIpc) is 2.34. The third kappa shape index (κ3) is 8.90.